The summed E-state index contributed by atoms with van der Waals surface area (Å²) in [6, 6.07) is 0. The smallest absolute Gasteiger partial charge is 0.319 e. The minimum absolute atomic E-state index is 0.159. The number of amides is 1. The van der Waals surface area contributed by atoms with Crippen molar-refractivity contribution < 1.29 is 24.5 Å². The number of carboxylic acid groups (broad SMARTS) is 1. The molecule has 2 rings (SSSR count). The summed E-state index contributed by atoms with van der Waals surface area (Å²) in [7, 11) is 0. The number of hydrogen-bond acceptors (Lipinski definition) is 4. The molecule has 17 heavy (non-hydrogen) atoms. The third-order valence-corrected chi connectivity index (χ3v) is 3.39. The molecule has 0 spiro atoms. The number of aliphatic hydroxyl groups is 1. The minimum atomic E-state index is -1.20. The zero-order chi connectivity index (χ0) is 12.6. The van der Waals surface area contributed by atoms with Crippen LogP contribution in [0.25, 0.3) is 0 Å². The molecule has 0 aromatic rings. The lowest BCUT2D eigenvalue weighted by atomic mass is 10.0. The molecule has 1 aliphatic heterocycles. The number of aliphatic carboxylic acids is 1. The Morgan fingerprint density at radius 1 is 1.41 bits per heavy atom. The van der Waals surface area contributed by atoms with E-state index in [9.17, 15) is 9.59 Å². The number of aliphatic hydroxyl groups excluding tert-OH is 1. The molecule has 0 bridgehead atoms. The van der Waals surface area contributed by atoms with Gasteiger partial charge in [-0.25, -0.2) is 0 Å². The summed E-state index contributed by atoms with van der Waals surface area (Å²) in [6.07, 6.45) is 0.245. The number of hydrogen-bond donors (Lipinski definition) is 2. The molecule has 6 nitrogen and oxygen atoms in total. The van der Waals surface area contributed by atoms with Gasteiger partial charge in [-0.2, -0.15) is 0 Å². The first-order valence-corrected chi connectivity index (χ1v) is 5.78. The van der Waals surface area contributed by atoms with Crippen LogP contribution in [0.15, 0.2) is 0 Å². The maximum Gasteiger partial charge on any atom is 0.319 e. The average molecular weight is 243 g/mol. The van der Waals surface area contributed by atoms with Gasteiger partial charge < -0.3 is 19.8 Å². The highest BCUT2D eigenvalue weighted by Gasteiger charge is 2.59. The molecule has 2 fully saturated rings. The number of carbonyl (C=O) groups excluding carboxylic acids is 1. The standard InChI is InChI=1S/C11H17NO5/c1-7-4-12(5-8(6-13)17-7)9(14)11(2-3-11)10(15)16/h7-8,13H,2-6H2,1H3,(H,15,16). The van der Waals surface area contributed by atoms with Crippen LogP contribution in [-0.4, -0.2) is 58.9 Å². The minimum Gasteiger partial charge on any atom is -0.480 e. The molecule has 1 amide bonds. The SMILES string of the molecule is CC1CN(C(=O)C2(C(=O)O)CC2)CC(CO)O1. The molecule has 2 unspecified atom stereocenters. The third kappa shape index (κ3) is 2.14. The first-order chi connectivity index (χ1) is 7.99. The molecule has 1 aliphatic carbocycles. The van der Waals surface area contributed by atoms with Gasteiger partial charge in [0.25, 0.3) is 0 Å². The van der Waals surface area contributed by atoms with Crippen molar-refractivity contribution in [3.63, 3.8) is 0 Å². The summed E-state index contributed by atoms with van der Waals surface area (Å²) in [4.78, 5) is 24.7. The van der Waals surface area contributed by atoms with Gasteiger partial charge in [0.05, 0.1) is 18.8 Å². The molecule has 2 aliphatic rings. The van der Waals surface area contributed by atoms with Crippen LogP contribution in [0.4, 0.5) is 0 Å². The molecular weight excluding hydrogens is 226 g/mol. The lowest BCUT2D eigenvalue weighted by Crippen LogP contribution is -2.53. The predicted octanol–water partition coefficient (Wildman–Crippen LogP) is -0.541. The fourth-order valence-electron chi connectivity index (χ4n) is 2.26. The van der Waals surface area contributed by atoms with E-state index in [1.54, 1.807) is 0 Å². The monoisotopic (exact) mass is 243 g/mol. The van der Waals surface area contributed by atoms with Gasteiger partial charge in [-0.1, -0.05) is 0 Å². The highest BCUT2D eigenvalue weighted by atomic mass is 16.5. The summed E-state index contributed by atoms with van der Waals surface area (Å²) < 4.78 is 5.42. The maximum atomic E-state index is 12.1. The molecule has 1 heterocycles. The molecule has 96 valence electrons. The highest BCUT2D eigenvalue weighted by Crippen LogP contribution is 2.47. The van der Waals surface area contributed by atoms with Crippen molar-refractivity contribution in [2.75, 3.05) is 19.7 Å². The zero-order valence-corrected chi connectivity index (χ0v) is 9.76. The summed E-state index contributed by atoms with van der Waals surface area (Å²) in [5.41, 5.74) is -1.20. The Labute approximate surface area is 99.2 Å². The van der Waals surface area contributed by atoms with Crippen molar-refractivity contribution in [3.05, 3.63) is 0 Å². The van der Waals surface area contributed by atoms with Gasteiger partial charge in [-0.15, -0.1) is 0 Å². The van der Waals surface area contributed by atoms with Gasteiger partial charge in [0, 0.05) is 13.1 Å². The predicted molar refractivity (Wildman–Crippen MR) is 57.3 cm³/mol. The van der Waals surface area contributed by atoms with Gasteiger partial charge in [0.15, 0.2) is 0 Å². The van der Waals surface area contributed by atoms with Crippen LogP contribution in [0.2, 0.25) is 0 Å². The van der Waals surface area contributed by atoms with E-state index in [4.69, 9.17) is 14.9 Å². The van der Waals surface area contributed by atoms with Crippen LogP contribution in [0.3, 0.4) is 0 Å². The molecule has 2 N–H and O–H groups in total. The third-order valence-electron chi connectivity index (χ3n) is 3.39. The molecule has 0 aromatic carbocycles. The van der Waals surface area contributed by atoms with Crippen LogP contribution >= 0.6 is 0 Å². The lowest BCUT2D eigenvalue weighted by molar-refractivity contribution is -0.161. The summed E-state index contributed by atoms with van der Waals surface area (Å²) in [5.74, 6) is -1.37. The number of ether oxygens (including phenoxy) is 1. The fraction of sp³-hybridized carbons (Fsp3) is 0.818. The quantitative estimate of drug-likeness (QED) is 0.650. The Hall–Kier alpha value is -1.14. The fourth-order valence-corrected chi connectivity index (χ4v) is 2.26. The van der Waals surface area contributed by atoms with Crippen molar-refractivity contribution in [2.24, 2.45) is 5.41 Å². The number of carboxylic acids is 1. The van der Waals surface area contributed by atoms with E-state index in [0.29, 0.717) is 19.4 Å². The zero-order valence-electron chi connectivity index (χ0n) is 9.76. The number of carbonyl (C=O) groups is 2. The maximum absolute atomic E-state index is 12.1. The average Bonchev–Trinajstić information content (AvgIpc) is 3.08. The van der Waals surface area contributed by atoms with Gasteiger partial charge in [-0.05, 0) is 19.8 Å². The number of morpholine rings is 1. The Balaban J connectivity index is 2.07. The van der Waals surface area contributed by atoms with E-state index in [-0.39, 0.29) is 25.2 Å². The van der Waals surface area contributed by atoms with E-state index >= 15 is 0 Å². The van der Waals surface area contributed by atoms with Crippen molar-refractivity contribution in [1.29, 1.82) is 0 Å². The lowest BCUT2D eigenvalue weighted by Gasteiger charge is -2.37. The molecule has 2 atom stereocenters. The second kappa shape index (κ2) is 4.27. The highest BCUT2D eigenvalue weighted by molar-refractivity contribution is 6.04. The normalized spacial score (nSPS) is 31.1. The Bertz CT molecular complexity index is 339. The molecule has 0 radical (unpaired) electrons. The van der Waals surface area contributed by atoms with E-state index in [1.807, 2.05) is 6.92 Å². The van der Waals surface area contributed by atoms with Crippen LogP contribution in [-0.2, 0) is 14.3 Å². The first kappa shape index (κ1) is 12.3. The summed E-state index contributed by atoms with van der Waals surface area (Å²) in [6.45, 7) is 2.32. The second-order valence-electron chi connectivity index (χ2n) is 4.85. The van der Waals surface area contributed by atoms with Gasteiger partial charge in [0.1, 0.15) is 5.41 Å². The van der Waals surface area contributed by atoms with E-state index in [1.165, 1.54) is 4.90 Å². The Morgan fingerprint density at radius 2 is 2.06 bits per heavy atom. The van der Waals surface area contributed by atoms with Crippen molar-refractivity contribution in [1.82, 2.24) is 4.90 Å². The molecule has 0 aromatic heterocycles. The van der Waals surface area contributed by atoms with Gasteiger partial charge >= 0.3 is 5.97 Å². The van der Waals surface area contributed by atoms with Gasteiger partial charge in [0.2, 0.25) is 5.91 Å². The van der Waals surface area contributed by atoms with Crippen molar-refractivity contribution in [3.8, 4) is 0 Å². The Kier molecular flexibility index (Phi) is 3.09. The van der Waals surface area contributed by atoms with E-state index in [2.05, 4.69) is 0 Å². The van der Waals surface area contributed by atoms with Crippen LogP contribution in [0.5, 0.6) is 0 Å². The van der Waals surface area contributed by atoms with Crippen molar-refractivity contribution in [2.45, 2.75) is 32.0 Å². The first-order valence-electron chi connectivity index (χ1n) is 5.78. The molecule has 1 saturated heterocycles. The van der Waals surface area contributed by atoms with Crippen LogP contribution < -0.4 is 0 Å². The van der Waals surface area contributed by atoms with Gasteiger partial charge in [-0.3, -0.25) is 9.59 Å². The topological polar surface area (TPSA) is 87.1 Å². The molecular formula is C11H17NO5. The molecule has 6 heteroatoms. The van der Waals surface area contributed by atoms with Crippen LogP contribution in [0.1, 0.15) is 19.8 Å². The second-order valence-corrected chi connectivity index (χ2v) is 4.85. The van der Waals surface area contributed by atoms with E-state index in [0.717, 1.165) is 0 Å². The molecule has 1 saturated carbocycles. The number of nitrogens with zero attached hydrogens (tertiary/aromatic N) is 1. The van der Waals surface area contributed by atoms with Crippen LogP contribution in [0, 0.1) is 5.41 Å². The van der Waals surface area contributed by atoms with E-state index < -0.39 is 17.5 Å². The summed E-state index contributed by atoms with van der Waals surface area (Å²) in [5, 5.41) is 18.1. The summed E-state index contributed by atoms with van der Waals surface area (Å²) >= 11 is 0. The largest absolute Gasteiger partial charge is 0.480 e. The Morgan fingerprint density at radius 3 is 2.53 bits per heavy atom. The number of rotatable bonds is 3. The van der Waals surface area contributed by atoms with Crippen molar-refractivity contribution >= 4 is 11.9 Å².